The van der Waals surface area contributed by atoms with Crippen molar-refractivity contribution in [1.29, 1.82) is 0 Å². The number of carbonyl (C=O) groups excluding carboxylic acids is 1. The molecule has 1 N–H and O–H groups in total. The molecule has 0 spiro atoms. The summed E-state index contributed by atoms with van der Waals surface area (Å²) in [5, 5.41) is 2.72. The van der Waals surface area contributed by atoms with Crippen LogP contribution >= 0.6 is 0 Å². The van der Waals surface area contributed by atoms with E-state index < -0.39 is 23.3 Å². The maximum Gasteiger partial charge on any atom is 0.251 e. The number of likely N-dealkylation sites (tertiary alicyclic amines) is 1. The van der Waals surface area contributed by atoms with E-state index in [0.717, 1.165) is 31.6 Å². The molecule has 0 saturated carbocycles. The fourth-order valence-electron chi connectivity index (χ4n) is 3.35. The van der Waals surface area contributed by atoms with Crippen LogP contribution in [0.2, 0.25) is 0 Å². The predicted octanol–water partition coefficient (Wildman–Crippen LogP) is 3.19. The Labute approximate surface area is 151 Å². The second kappa shape index (κ2) is 8.27. The third-order valence-corrected chi connectivity index (χ3v) is 4.72. The van der Waals surface area contributed by atoms with Gasteiger partial charge in [-0.2, -0.15) is 0 Å². The fourth-order valence-corrected chi connectivity index (χ4v) is 3.35. The van der Waals surface area contributed by atoms with Gasteiger partial charge in [-0.05, 0) is 36.6 Å². The van der Waals surface area contributed by atoms with E-state index in [0.29, 0.717) is 19.0 Å². The van der Waals surface area contributed by atoms with Crippen LogP contribution in [0.3, 0.4) is 0 Å². The lowest BCUT2D eigenvalue weighted by molar-refractivity contribution is 0.0948. The molecule has 2 aromatic carbocycles. The summed E-state index contributed by atoms with van der Waals surface area (Å²) >= 11 is 0. The SMILES string of the molecule is COc1c(F)cc(C(=O)NCCN2CC[C@@H](c3ccccc3)C2)cc1F. The summed E-state index contributed by atoms with van der Waals surface area (Å²) in [5.41, 5.74) is 1.28. The third kappa shape index (κ3) is 4.19. The number of nitrogens with one attached hydrogen (secondary N) is 1. The van der Waals surface area contributed by atoms with Crippen LogP contribution in [0.15, 0.2) is 42.5 Å². The van der Waals surface area contributed by atoms with E-state index in [1.165, 1.54) is 12.7 Å². The predicted molar refractivity (Wildman–Crippen MR) is 95.5 cm³/mol. The van der Waals surface area contributed by atoms with Gasteiger partial charge in [0.25, 0.3) is 5.91 Å². The van der Waals surface area contributed by atoms with Gasteiger partial charge in [0.05, 0.1) is 7.11 Å². The topological polar surface area (TPSA) is 41.6 Å². The molecule has 0 aliphatic carbocycles. The Hall–Kier alpha value is -2.47. The van der Waals surface area contributed by atoms with Gasteiger partial charge in [0.2, 0.25) is 0 Å². The van der Waals surface area contributed by atoms with Gasteiger partial charge >= 0.3 is 0 Å². The van der Waals surface area contributed by atoms with Crippen molar-refractivity contribution in [2.75, 3.05) is 33.3 Å². The second-order valence-corrected chi connectivity index (χ2v) is 6.43. The molecule has 1 amide bonds. The summed E-state index contributed by atoms with van der Waals surface area (Å²) in [6.45, 7) is 3.05. The second-order valence-electron chi connectivity index (χ2n) is 6.43. The third-order valence-electron chi connectivity index (χ3n) is 4.72. The molecule has 0 radical (unpaired) electrons. The van der Waals surface area contributed by atoms with E-state index in [9.17, 15) is 13.6 Å². The number of benzene rings is 2. The van der Waals surface area contributed by atoms with Crippen LogP contribution in [-0.2, 0) is 0 Å². The van der Waals surface area contributed by atoms with Crippen molar-refractivity contribution in [2.24, 2.45) is 0 Å². The van der Waals surface area contributed by atoms with Crippen molar-refractivity contribution >= 4 is 5.91 Å². The van der Waals surface area contributed by atoms with E-state index in [-0.39, 0.29) is 5.56 Å². The van der Waals surface area contributed by atoms with Crippen LogP contribution < -0.4 is 10.1 Å². The van der Waals surface area contributed by atoms with Crippen molar-refractivity contribution in [3.8, 4) is 5.75 Å². The number of hydrogen-bond donors (Lipinski definition) is 1. The molecule has 1 fully saturated rings. The Balaban J connectivity index is 1.49. The van der Waals surface area contributed by atoms with E-state index in [4.69, 9.17) is 0 Å². The number of methoxy groups -OCH3 is 1. The van der Waals surface area contributed by atoms with Crippen LogP contribution in [0.25, 0.3) is 0 Å². The quantitative estimate of drug-likeness (QED) is 0.860. The molecule has 0 bridgehead atoms. The molecular formula is C20H22F2N2O2. The summed E-state index contributed by atoms with van der Waals surface area (Å²) in [7, 11) is 1.18. The highest BCUT2D eigenvalue weighted by atomic mass is 19.1. The summed E-state index contributed by atoms with van der Waals surface area (Å²) in [6.07, 6.45) is 1.09. The van der Waals surface area contributed by atoms with Gasteiger partial charge < -0.3 is 15.0 Å². The van der Waals surface area contributed by atoms with Gasteiger partial charge in [-0.15, -0.1) is 0 Å². The lowest BCUT2D eigenvalue weighted by atomic mass is 9.99. The molecule has 1 aliphatic rings. The highest BCUT2D eigenvalue weighted by molar-refractivity contribution is 5.94. The minimum atomic E-state index is -0.886. The molecule has 26 heavy (non-hydrogen) atoms. The Kier molecular flexibility index (Phi) is 5.83. The number of rotatable bonds is 6. The average Bonchev–Trinajstić information content (AvgIpc) is 3.11. The van der Waals surface area contributed by atoms with Crippen molar-refractivity contribution in [1.82, 2.24) is 10.2 Å². The number of hydrogen-bond acceptors (Lipinski definition) is 3. The molecule has 1 heterocycles. The Morgan fingerprint density at radius 2 is 1.92 bits per heavy atom. The van der Waals surface area contributed by atoms with E-state index >= 15 is 0 Å². The molecule has 6 heteroatoms. The average molecular weight is 360 g/mol. The highest BCUT2D eigenvalue weighted by Crippen LogP contribution is 2.26. The fraction of sp³-hybridized carbons (Fsp3) is 0.350. The zero-order valence-corrected chi connectivity index (χ0v) is 14.7. The van der Waals surface area contributed by atoms with Crippen molar-refractivity contribution < 1.29 is 18.3 Å². The van der Waals surface area contributed by atoms with Gasteiger partial charge in [-0.1, -0.05) is 30.3 Å². The van der Waals surface area contributed by atoms with Gasteiger partial charge in [-0.25, -0.2) is 8.78 Å². The van der Waals surface area contributed by atoms with Gasteiger partial charge in [0.15, 0.2) is 17.4 Å². The van der Waals surface area contributed by atoms with Crippen LogP contribution in [0, 0.1) is 11.6 Å². The monoisotopic (exact) mass is 360 g/mol. The summed E-state index contributed by atoms with van der Waals surface area (Å²) in [4.78, 5) is 14.4. The normalized spacial score (nSPS) is 17.3. The van der Waals surface area contributed by atoms with E-state index in [2.05, 4.69) is 27.1 Å². The minimum absolute atomic E-state index is 0.0515. The molecule has 1 aliphatic heterocycles. The van der Waals surface area contributed by atoms with Gasteiger partial charge in [0, 0.05) is 25.2 Å². The van der Waals surface area contributed by atoms with Crippen LogP contribution in [0.1, 0.15) is 28.3 Å². The lowest BCUT2D eigenvalue weighted by Crippen LogP contribution is -2.33. The zero-order chi connectivity index (χ0) is 18.5. The Bertz CT molecular complexity index is 745. The summed E-state index contributed by atoms with van der Waals surface area (Å²) in [5.74, 6) is -2.24. The molecule has 0 unspecified atom stereocenters. The van der Waals surface area contributed by atoms with Crippen molar-refractivity contribution in [2.45, 2.75) is 12.3 Å². The van der Waals surface area contributed by atoms with Crippen molar-refractivity contribution in [3.05, 3.63) is 65.2 Å². The number of halogens is 2. The van der Waals surface area contributed by atoms with E-state index in [1.807, 2.05) is 18.2 Å². The smallest absolute Gasteiger partial charge is 0.251 e. The summed E-state index contributed by atoms with van der Waals surface area (Å²) in [6, 6.07) is 12.4. The molecule has 1 saturated heterocycles. The largest absolute Gasteiger partial charge is 0.491 e. The van der Waals surface area contributed by atoms with Crippen molar-refractivity contribution in [3.63, 3.8) is 0 Å². The molecular weight excluding hydrogens is 338 g/mol. The van der Waals surface area contributed by atoms with Crippen LogP contribution in [0.5, 0.6) is 5.75 Å². The van der Waals surface area contributed by atoms with Gasteiger partial charge in [0.1, 0.15) is 0 Å². The standard InChI is InChI=1S/C20H22F2N2O2/c1-26-19-17(21)11-16(12-18(19)22)20(25)23-8-10-24-9-7-15(13-24)14-5-3-2-4-6-14/h2-6,11-12,15H,7-10,13H2,1H3,(H,23,25)/t15-/m1/s1. The first kappa shape index (κ1) is 18.3. The number of ether oxygens (including phenoxy) is 1. The molecule has 4 nitrogen and oxygen atoms in total. The molecule has 0 aromatic heterocycles. The number of nitrogens with zero attached hydrogens (tertiary/aromatic N) is 1. The Morgan fingerprint density at radius 3 is 2.58 bits per heavy atom. The van der Waals surface area contributed by atoms with Crippen LogP contribution in [-0.4, -0.2) is 44.1 Å². The highest BCUT2D eigenvalue weighted by Gasteiger charge is 2.23. The maximum atomic E-state index is 13.7. The summed E-state index contributed by atoms with van der Waals surface area (Å²) < 4.78 is 32.0. The first-order valence-corrected chi connectivity index (χ1v) is 8.67. The van der Waals surface area contributed by atoms with E-state index in [1.54, 1.807) is 0 Å². The number of carbonyl (C=O) groups is 1. The van der Waals surface area contributed by atoms with Gasteiger partial charge in [-0.3, -0.25) is 4.79 Å². The lowest BCUT2D eigenvalue weighted by Gasteiger charge is -2.16. The first-order valence-electron chi connectivity index (χ1n) is 8.67. The Morgan fingerprint density at radius 1 is 1.23 bits per heavy atom. The number of amides is 1. The van der Waals surface area contributed by atoms with Crippen LogP contribution in [0.4, 0.5) is 8.78 Å². The minimum Gasteiger partial charge on any atom is -0.491 e. The molecule has 3 rings (SSSR count). The molecule has 138 valence electrons. The molecule has 1 atom stereocenters. The zero-order valence-electron chi connectivity index (χ0n) is 14.7. The maximum absolute atomic E-state index is 13.7. The first-order chi connectivity index (χ1) is 12.6. The molecule has 2 aromatic rings.